The molecular formula is C26H48O3. The van der Waals surface area contributed by atoms with E-state index in [9.17, 15) is 0 Å². The molecule has 0 amide bonds. The molecule has 3 nitrogen and oxygen atoms in total. The Morgan fingerprint density at radius 1 is 1.00 bits per heavy atom. The molecule has 3 heteroatoms. The third kappa shape index (κ3) is 8.71. The van der Waals surface area contributed by atoms with Crippen LogP contribution in [0.3, 0.4) is 0 Å². The second-order valence-electron chi connectivity index (χ2n) is 10.7. The Hall–Kier alpha value is -0.380. The molecule has 29 heavy (non-hydrogen) atoms. The van der Waals surface area contributed by atoms with E-state index in [0.717, 1.165) is 32.1 Å². The van der Waals surface area contributed by atoms with Crippen LogP contribution in [0.2, 0.25) is 0 Å². The molecule has 0 heterocycles. The van der Waals surface area contributed by atoms with Crippen molar-refractivity contribution in [2.75, 3.05) is 0 Å². The first-order valence-corrected chi connectivity index (χ1v) is 12.3. The van der Waals surface area contributed by atoms with Crippen molar-refractivity contribution in [1.82, 2.24) is 0 Å². The van der Waals surface area contributed by atoms with Crippen molar-refractivity contribution in [3.63, 3.8) is 0 Å². The summed E-state index contributed by atoms with van der Waals surface area (Å²) >= 11 is 0. The summed E-state index contributed by atoms with van der Waals surface area (Å²) in [5.41, 5.74) is -0.186. The van der Waals surface area contributed by atoms with E-state index in [1.807, 2.05) is 0 Å². The lowest BCUT2D eigenvalue weighted by molar-refractivity contribution is -0.142. The molecule has 0 N–H and O–H groups in total. The molecule has 0 aromatic rings. The maximum atomic E-state index is 6.67. The highest BCUT2D eigenvalue weighted by molar-refractivity contribution is 4.97. The van der Waals surface area contributed by atoms with Crippen molar-refractivity contribution in [2.45, 2.75) is 148 Å². The zero-order valence-corrected chi connectivity index (χ0v) is 20.3. The molecule has 0 spiro atoms. The van der Waals surface area contributed by atoms with E-state index in [0.29, 0.717) is 30.3 Å². The predicted molar refractivity (Wildman–Crippen MR) is 122 cm³/mol. The van der Waals surface area contributed by atoms with Gasteiger partial charge in [0.05, 0.1) is 35.6 Å². The van der Waals surface area contributed by atoms with Crippen LogP contribution in [0.4, 0.5) is 0 Å². The normalized spacial score (nSPS) is 27.4. The molecule has 0 aliphatic heterocycles. The predicted octanol–water partition coefficient (Wildman–Crippen LogP) is 7.23. The highest BCUT2D eigenvalue weighted by atomic mass is 16.5. The van der Waals surface area contributed by atoms with Gasteiger partial charge < -0.3 is 14.2 Å². The minimum atomic E-state index is -0.0998. The molecule has 0 saturated heterocycles. The van der Waals surface area contributed by atoms with Crippen LogP contribution in [0.1, 0.15) is 113 Å². The molecule has 2 rings (SSSR count). The lowest BCUT2D eigenvalue weighted by Gasteiger charge is -2.43. The quantitative estimate of drug-likeness (QED) is 0.337. The largest absolute Gasteiger partial charge is 0.376 e. The minimum absolute atomic E-state index is 0.0864. The van der Waals surface area contributed by atoms with Gasteiger partial charge in [-0.05, 0) is 105 Å². The third-order valence-corrected chi connectivity index (χ3v) is 6.75. The monoisotopic (exact) mass is 408 g/mol. The van der Waals surface area contributed by atoms with E-state index < -0.39 is 0 Å². The zero-order valence-electron chi connectivity index (χ0n) is 20.3. The summed E-state index contributed by atoms with van der Waals surface area (Å²) in [5.74, 6) is 0.569. The molecule has 0 bridgehead atoms. The molecule has 0 aromatic carbocycles. The summed E-state index contributed by atoms with van der Waals surface area (Å²) in [4.78, 5) is 0. The maximum Gasteiger partial charge on any atom is 0.0763 e. The topological polar surface area (TPSA) is 27.7 Å². The third-order valence-electron chi connectivity index (χ3n) is 6.75. The Morgan fingerprint density at radius 3 is 2.38 bits per heavy atom. The fraction of sp³-hybridized carbons (Fsp3) is 0.923. The van der Waals surface area contributed by atoms with Crippen molar-refractivity contribution < 1.29 is 14.2 Å². The van der Waals surface area contributed by atoms with Gasteiger partial charge in [-0.25, -0.2) is 0 Å². The van der Waals surface area contributed by atoms with Crippen LogP contribution in [-0.2, 0) is 14.2 Å². The number of rotatable bonds is 11. The Morgan fingerprint density at radius 2 is 1.76 bits per heavy atom. The molecule has 2 aliphatic rings. The van der Waals surface area contributed by atoms with Crippen molar-refractivity contribution in [3.8, 4) is 0 Å². The van der Waals surface area contributed by atoms with Gasteiger partial charge in [-0.2, -0.15) is 0 Å². The SMILES string of the molecule is CCC(CCC(C)(C)OC1CCCC(C(C)(C)OC2C=CCCC2)C1)OC(C)C. The first-order chi connectivity index (χ1) is 13.6. The van der Waals surface area contributed by atoms with Crippen LogP contribution in [0.5, 0.6) is 0 Å². The molecule has 1 saturated carbocycles. The zero-order chi connectivity index (χ0) is 21.5. The van der Waals surface area contributed by atoms with Crippen molar-refractivity contribution >= 4 is 0 Å². The molecule has 1 fully saturated rings. The van der Waals surface area contributed by atoms with Crippen LogP contribution >= 0.6 is 0 Å². The van der Waals surface area contributed by atoms with Crippen molar-refractivity contribution in [2.24, 2.45) is 5.92 Å². The van der Waals surface area contributed by atoms with Crippen LogP contribution in [0.25, 0.3) is 0 Å². The van der Waals surface area contributed by atoms with E-state index in [4.69, 9.17) is 14.2 Å². The van der Waals surface area contributed by atoms with Crippen LogP contribution in [-0.4, -0.2) is 35.6 Å². The molecule has 2 aliphatic carbocycles. The van der Waals surface area contributed by atoms with E-state index in [-0.39, 0.29) is 11.2 Å². The van der Waals surface area contributed by atoms with Crippen LogP contribution in [0, 0.1) is 5.92 Å². The van der Waals surface area contributed by atoms with Gasteiger partial charge >= 0.3 is 0 Å². The van der Waals surface area contributed by atoms with Gasteiger partial charge in [0.1, 0.15) is 0 Å². The highest BCUT2D eigenvalue weighted by Crippen LogP contribution is 2.39. The average Bonchev–Trinajstić information content (AvgIpc) is 2.65. The highest BCUT2D eigenvalue weighted by Gasteiger charge is 2.38. The second kappa shape index (κ2) is 11.3. The molecule has 0 radical (unpaired) electrons. The smallest absolute Gasteiger partial charge is 0.0763 e. The molecular weight excluding hydrogens is 360 g/mol. The van der Waals surface area contributed by atoms with Crippen LogP contribution < -0.4 is 0 Å². The first kappa shape index (κ1) is 24.9. The number of hydrogen-bond donors (Lipinski definition) is 0. The summed E-state index contributed by atoms with van der Waals surface area (Å²) < 4.78 is 19.3. The Bertz CT molecular complexity index is 494. The lowest BCUT2D eigenvalue weighted by atomic mass is 9.77. The van der Waals surface area contributed by atoms with E-state index >= 15 is 0 Å². The van der Waals surface area contributed by atoms with E-state index in [2.05, 4.69) is 60.6 Å². The van der Waals surface area contributed by atoms with Crippen molar-refractivity contribution in [1.29, 1.82) is 0 Å². The van der Waals surface area contributed by atoms with Crippen molar-refractivity contribution in [3.05, 3.63) is 12.2 Å². The average molecular weight is 409 g/mol. The maximum absolute atomic E-state index is 6.67. The summed E-state index contributed by atoms with van der Waals surface area (Å²) in [5, 5.41) is 0. The van der Waals surface area contributed by atoms with Gasteiger partial charge in [0, 0.05) is 0 Å². The summed E-state index contributed by atoms with van der Waals surface area (Å²) in [6.45, 7) is 15.6. The fourth-order valence-corrected chi connectivity index (χ4v) is 5.02. The summed E-state index contributed by atoms with van der Waals surface area (Å²) in [6.07, 6.45) is 17.4. The van der Waals surface area contributed by atoms with Gasteiger partial charge in [-0.3, -0.25) is 0 Å². The molecule has 4 unspecified atom stereocenters. The minimum Gasteiger partial charge on any atom is -0.376 e. The van der Waals surface area contributed by atoms with Crippen LogP contribution in [0.15, 0.2) is 12.2 Å². The Labute approximate surface area is 181 Å². The molecule has 0 aromatic heterocycles. The van der Waals surface area contributed by atoms with Gasteiger partial charge in [0.25, 0.3) is 0 Å². The number of hydrogen-bond acceptors (Lipinski definition) is 3. The molecule has 4 atom stereocenters. The van der Waals surface area contributed by atoms with E-state index in [1.54, 1.807) is 0 Å². The summed E-state index contributed by atoms with van der Waals surface area (Å²) in [6, 6.07) is 0. The Balaban J connectivity index is 1.85. The van der Waals surface area contributed by atoms with Gasteiger partial charge in [0.2, 0.25) is 0 Å². The van der Waals surface area contributed by atoms with Gasteiger partial charge in [-0.1, -0.05) is 25.5 Å². The lowest BCUT2D eigenvalue weighted by Crippen LogP contribution is -2.43. The fourth-order valence-electron chi connectivity index (χ4n) is 5.02. The molecule has 170 valence electrons. The van der Waals surface area contributed by atoms with Gasteiger partial charge in [-0.15, -0.1) is 0 Å². The van der Waals surface area contributed by atoms with Gasteiger partial charge in [0.15, 0.2) is 0 Å². The standard InChI is InChI=1S/C26H48O3/c1-8-22(27-20(2)3)17-18-25(4,5)28-24-16-12-13-21(19-24)26(6,7)29-23-14-10-9-11-15-23/h10,14,20-24H,8-9,11-13,15-19H2,1-7H3. The Kier molecular flexibility index (Phi) is 9.70. The summed E-state index contributed by atoms with van der Waals surface area (Å²) in [7, 11) is 0. The second-order valence-corrected chi connectivity index (χ2v) is 10.7. The first-order valence-electron chi connectivity index (χ1n) is 12.3. The number of ether oxygens (including phenoxy) is 3. The van der Waals surface area contributed by atoms with E-state index in [1.165, 1.54) is 32.1 Å². The number of allylic oxidation sites excluding steroid dienone is 1.